The summed E-state index contributed by atoms with van der Waals surface area (Å²) in [6.45, 7) is 0. The highest BCUT2D eigenvalue weighted by atomic mass is 32.2. The second kappa shape index (κ2) is 6.40. The van der Waals surface area contributed by atoms with Gasteiger partial charge in [-0.1, -0.05) is 12.1 Å². The summed E-state index contributed by atoms with van der Waals surface area (Å²) in [5.74, 6) is -2.08. The molecule has 2 aromatic carbocycles. The zero-order valence-corrected chi connectivity index (χ0v) is 12.6. The van der Waals surface area contributed by atoms with Gasteiger partial charge in [0.1, 0.15) is 10.6 Å². The summed E-state index contributed by atoms with van der Waals surface area (Å²) in [6.07, 6.45) is -5.05. The van der Waals surface area contributed by atoms with E-state index in [-0.39, 0.29) is 11.3 Å². The topological polar surface area (TPSA) is 92.7 Å². The van der Waals surface area contributed by atoms with E-state index in [1.807, 2.05) is 0 Å². The van der Waals surface area contributed by atoms with Gasteiger partial charge in [-0.2, -0.15) is 0 Å². The number of carbonyl (C=O) groups is 1. The fourth-order valence-corrected chi connectivity index (χ4v) is 2.96. The first-order valence-electron chi connectivity index (χ1n) is 6.29. The third kappa shape index (κ3) is 4.38. The number of hydrogen-bond acceptors (Lipinski definition) is 4. The fourth-order valence-electron chi connectivity index (χ4n) is 1.77. The lowest BCUT2D eigenvalue weighted by atomic mass is 10.2. The Morgan fingerprint density at radius 3 is 2.17 bits per heavy atom. The number of nitrogens with one attached hydrogen (secondary N) is 1. The van der Waals surface area contributed by atoms with Gasteiger partial charge in [-0.25, -0.2) is 13.2 Å². The number of sulfonamides is 1. The molecule has 0 unspecified atom stereocenters. The van der Waals surface area contributed by atoms with Crippen molar-refractivity contribution in [3.63, 3.8) is 0 Å². The molecule has 0 aliphatic heterocycles. The second-order valence-corrected chi connectivity index (χ2v) is 6.13. The highest BCUT2D eigenvalue weighted by molar-refractivity contribution is 7.92. The van der Waals surface area contributed by atoms with Gasteiger partial charge in [0.05, 0.1) is 5.56 Å². The van der Waals surface area contributed by atoms with Crippen LogP contribution in [0.1, 0.15) is 10.4 Å². The van der Waals surface area contributed by atoms with Crippen LogP contribution >= 0.6 is 0 Å². The molecule has 128 valence electrons. The monoisotopic (exact) mass is 361 g/mol. The smallest absolute Gasteiger partial charge is 0.478 e. The van der Waals surface area contributed by atoms with Gasteiger partial charge in [0.15, 0.2) is 0 Å². The van der Waals surface area contributed by atoms with Crippen molar-refractivity contribution in [3.05, 3.63) is 54.1 Å². The van der Waals surface area contributed by atoms with Gasteiger partial charge in [-0.3, -0.25) is 4.72 Å². The van der Waals surface area contributed by atoms with Crippen molar-refractivity contribution in [3.8, 4) is 5.75 Å². The predicted molar refractivity (Wildman–Crippen MR) is 77.3 cm³/mol. The summed E-state index contributed by atoms with van der Waals surface area (Å²) in [4.78, 5) is 10.0. The number of hydrogen-bond donors (Lipinski definition) is 2. The van der Waals surface area contributed by atoms with Gasteiger partial charge in [0.2, 0.25) is 0 Å². The molecule has 0 bridgehead atoms. The van der Waals surface area contributed by atoms with E-state index in [0.29, 0.717) is 0 Å². The van der Waals surface area contributed by atoms with E-state index in [9.17, 15) is 26.4 Å². The minimum Gasteiger partial charge on any atom is -0.478 e. The van der Waals surface area contributed by atoms with Gasteiger partial charge < -0.3 is 9.84 Å². The van der Waals surface area contributed by atoms with E-state index in [4.69, 9.17) is 5.11 Å². The van der Waals surface area contributed by atoms with Gasteiger partial charge in [0, 0.05) is 5.69 Å². The van der Waals surface area contributed by atoms with Crippen LogP contribution in [-0.2, 0) is 10.0 Å². The second-order valence-electron chi connectivity index (χ2n) is 4.48. The van der Waals surface area contributed by atoms with Gasteiger partial charge in [-0.05, 0) is 36.4 Å². The zero-order chi connectivity index (χ0) is 18.0. The minimum atomic E-state index is -5.05. The molecule has 0 aromatic heterocycles. The molecule has 2 aromatic rings. The number of rotatable bonds is 5. The first-order chi connectivity index (χ1) is 11.1. The highest BCUT2D eigenvalue weighted by Gasteiger charge is 2.34. The predicted octanol–water partition coefficient (Wildman–Crippen LogP) is 3.08. The lowest BCUT2D eigenvalue weighted by Gasteiger charge is -2.14. The molecule has 10 heteroatoms. The molecule has 0 atom stereocenters. The molecule has 2 N–H and O–H groups in total. The number of para-hydroxylation sites is 1. The molecule has 0 heterocycles. The average Bonchev–Trinajstić information content (AvgIpc) is 2.46. The quantitative estimate of drug-likeness (QED) is 0.854. The fraction of sp³-hybridized carbons (Fsp3) is 0.0714. The van der Waals surface area contributed by atoms with Crippen LogP contribution in [0, 0.1) is 0 Å². The number of anilines is 1. The summed E-state index contributed by atoms with van der Waals surface area (Å²) >= 11 is 0. The van der Waals surface area contributed by atoms with Crippen LogP contribution in [0.5, 0.6) is 5.75 Å². The molecule has 6 nitrogen and oxygen atoms in total. The molecule has 0 amide bonds. The zero-order valence-electron chi connectivity index (χ0n) is 11.7. The number of carboxylic acids is 1. The van der Waals surface area contributed by atoms with Crippen LogP contribution in [0.2, 0.25) is 0 Å². The Morgan fingerprint density at radius 1 is 1.04 bits per heavy atom. The van der Waals surface area contributed by atoms with Gasteiger partial charge >= 0.3 is 12.3 Å². The van der Waals surface area contributed by atoms with Crippen molar-refractivity contribution in [1.29, 1.82) is 0 Å². The largest absolute Gasteiger partial charge is 0.573 e. The normalized spacial score (nSPS) is 11.8. The van der Waals surface area contributed by atoms with E-state index in [2.05, 4.69) is 9.46 Å². The van der Waals surface area contributed by atoms with Crippen molar-refractivity contribution in [1.82, 2.24) is 0 Å². The Kier molecular flexibility index (Phi) is 4.69. The molecule has 0 spiro atoms. The summed E-state index contributed by atoms with van der Waals surface area (Å²) in [5.41, 5.74) is -0.0828. The lowest BCUT2D eigenvalue weighted by Crippen LogP contribution is -2.20. The van der Waals surface area contributed by atoms with E-state index >= 15 is 0 Å². The molecule has 2 rings (SSSR count). The standard InChI is InChI=1S/C14H10F3NO5S/c15-14(16,17)23-11-3-1-2-4-12(11)24(21,22)18-10-7-5-9(6-8-10)13(19)20/h1-8,18H,(H,19,20). The maximum atomic E-state index is 12.4. The van der Waals surface area contributed by atoms with Crippen molar-refractivity contribution < 1.29 is 36.2 Å². The van der Waals surface area contributed by atoms with E-state index < -0.39 is 33.0 Å². The number of carboxylic acid groups (broad SMARTS) is 1. The van der Waals surface area contributed by atoms with Gasteiger partial charge in [0.25, 0.3) is 10.0 Å². The Morgan fingerprint density at radius 2 is 1.62 bits per heavy atom. The van der Waals surface area contributed by atoms with Crippen molar-refractivity contribution in [2.75, 3.05) is 4.72 Å². The Hall–Kier alpha value is -2.75. The summed E-state index contributed by atoms with van der Waals surface area (Å²) < 4.78 is 67.4. The highest BCUT2D eigenvalue weighted by Crippen LogP contribution is 2.30. The molecular weight excluding hydrogens is 351 g/mol. The summed E-state index contributed by atoms with van der Waals surface area (Å²) in [7, 11) is -4.37. The Labute approximate surface area is 134 Å². The van der Waals surface area contributed by atoms with E-state index in [0.717, 1.165) is 24.3 Å². The number of aromatic carboxylic acids is 1. The number of ether oxygens (including phenoxy) is 1. The first-order valence-corrected chi connectivity index (χ1v) is 7.78. The molecule has 0 fully saturated rings. The molecule has 0 aliphatic rings. The van der Waals surface area contributed by atoms with Crippen LogP contribution in [-0.4, -0.2) is 25.9 Å². The molecule has 0 aliphatic carbocycles. The Bertz CT molecular complexity index is 847. The van der Waals surface area contributed by atoms with Crippen molar-refractivity contribution >= 4 is 21.7 Å². The van der Waals surface area contributed by atoms with Crippen LogP contribution in [0.15, 0.2) is 53.4 Å². The third-order valence-electron chi connectivity index (χ3n) is 2.75. The minimum absolute atomic E-state index is 0.0122. The number of benzene rings is 2. The maximum Gasteiger partial charge on any atom is 0.573 e. The molecule has 24 heavy (non-hydrogen) atoms. The lowest BCUT2D eigenvalue weighted by molar-refractivity contribution is -0.275. The van der Waals surface area contributed by atoms with Crippen LogP contribution in [0.4, 0.5) is 18.9 Å². The molecule has 0 saturated carbocycles. The number of alkyl halides is 3. The maximum absolute atomic E-state index is 12.4. The van der Waals surface area contributed by atoms with Crippen molar-refractivity contribution in [2.24, 2.45) is 0 Å². The number of halogens is 3. The van der Waals surface area contributed by atoms with Crippen LogP contribution in [0.25, 0.3) is 0 Å². The van der Waals surface area contributed by atoms with E-state index in [1.165, 1.54) is 24.3 Å². The molecule has 0 radical (unpaired) electrons. The summed E-state index contributed by atoms with van der Waals surface area (Å²) in [6, 6.07) is 8.91. The molecular formula is C14H10F3NO5S. The van der Waals surface area contributed by atoms with E-state index in [1.54, 1.807) is 0 Å². The Balaban J connectivity index is 2.32. The van der Waals surface area contributed by atoms with Crippen molar-refractivity contribution in [2.45, 2.75) is 11.3 Å². The van der Waals surface area contributed by atoms with Crippen LogP contribution < -0.4 is 9.46 Å². The van der Waals surface area contributed by atoms with Gasteiger partial charge in [-0.15, -0.1) is 13.2 Å². The van der Waals surface area contributed by atoms with Crippen LogP contribution in [0.3, 0.4) is 0 Å². The third-order valence-corrected chi connectivity index (χ3v) is 4.17. The summed E-state index contributed by atoms with van der Waals surface area (Å²) in [5, 5.41) is 8.77. The first kappa shape index (κ1) is 17.6. The molecule has 0 saturated heterocycles. The SMILES string of the molecule is O=C(O)c1ccc(NS(=O)(=O)c2ccccc2OC(F)(F)F)cc1. The average molecular weight is 361 g/mol.